The molecule has 2 N–H and O–H groups in total. The lowest BCUT2D eigenvalue weighted by Gasteiger charge is -2.07. The van der Waals surface area contributed by atoms with Crippen LogP contribution in [0, 0.1) is 6.92 Å². The van der Waals surface area contributed by atoms with Crippen molar-refractivity contribution in [3.8, 4) is 0 Å². The summed E-state index contributed by atoms with van der Waals surface area (Å²) < 4.78 is 6.40. The van der Waals surface area contributed by atoms with Crippen LogP contribution in [0.15, 0.2) is 75.6 Å². The molecule has 2 amide bonds. The van der Waals surface area contributed by atoms with E-state index in [2.05, 4.69) is 15.8 Å². The van der Waals surface area contributed by atoms with Crippen LogP contribution in [0.1, 0.15) is 39.2 Å². The summed E-state index contributed by atoms with van der Waals surface area (Å²) in [4.78, 5) is 24.8. The van der Waals surface area contributed by atoms with Crippen LogP contribution < -0.4 is 10.7 Å². The van der Waals surface area contributed by atoms with Gasteiger partial charge < -0.3 is 9.73 Å². The van der Waals surface area contributed by atoms with Gasteiger partial charge >= 0.3 is 0 Å². The molecule has 0 atom stereocenters. The van der Waals surface area contributed by atoms with Gasteiger partial charge in [-0.2, -0.15) is 5.10 Å². The summed E-state index contributed by atoms with van der Waals surface area (Å²) in [5.74, 6) is 0.335. The Morgan fingerprint density at radius 3 is 2.63 bits per heavy atom. The number of fused-ring (bicyclic) bond motifs is 1. The highest BCUT2D eigenvalue weighted by molar-refractivity contribution is 7.17. The number of hydrogen-bond acceptors (Lipinski definition) is 5. The molecule has 0 fully saturated rings. The second-order valence-electron chi connectivity index (χ2n) is 6.73. The number of anilines is 1. The maximum absolute atomic E-state index is 12.5. The van der Waals surface area contributed by atoms with Gasteiger partial charge in [0.25, 0.3) is 11.8 Å². The number of aryl methyl sites for hydroxylation is 1. The Morgan fingerprint density at radius 1 is 1.00 bits per heavy atom. The van der Waals surface area contributed by atoms with E-state index in [0.29, 0.717) is 22.7 Å². The zero-order chi connectivity index (χ0) is 21.1. The predicted octanol–water partition coefficient (Wildman–Crippen LogP) is 5.21. The molecule has 7 heteroatoms. The van der Waals surface area contributed by atoms with Crippen LogP contribution in [0.2, 0.25) is 0 Å². The lowest BCUT2D eigenvalue weighted by molar-refractivity contribution is 0.0955. The van der Waals surface area contributed by atoms with Gasteiger partial charge in [0.2, 0.25) is 0 Å². The Bertz CT molecular complexity index is 1270. The fourth-order valence-corrected chi connectivity index (χ4v) is 3.93. The zero-order valence-electron chi connectivity index (χ0n) is 16.4. The predicted molar refractivity (Wildman–Crippen MR) is 119 cm³/mol. The number of benzene rings is 2. The molecule has 0 radical (unpaired) electrons. The Balaban J connectivity index is 1.47. The van der Waals surface area contributed by atoms with Crippen molar-refractivity contribution in [2.24, 2.45) is 5.10 Å². The first-order valence-electron chi connectivity index (χ1n) is 9.30. The molecule has 0 spiro atoms. The summed E-state index contributed by atoms with van der Waals surface area (Å²) >= 11 is 1.52. The number of carbonyl (C=O) groups excluding carboxylic acids is 2. The Hall–Kier alpha value is -3.71. The average Bonchev–Trinajstić information content (AvgIpc) is 3.38. The fraction of sp³-hybridized carbons (Fsp3) is 0.0870. The summed E-state index contributed by atoms with van der Waals surface area (Å²) in [6.45, 7) is 3.58. The van der Waals surface area contributed by atoms with Crippen LogP contribution in [0.25, 0.3) is 10.1 Å². The molecule has 4 aromatic rings. The average molecular weight is 417 g/mol. The van der Waals surface area contributed by atoms with Crippen molar-refractivity contribution < 1.29 is 14.0 Å². The highest BCUT2D eigenvalue weighted by Crippen LogP contribution is 2.25. The number of hydrazone groups is 1. The van der Waals surface area contributed by atoms with Crippen molar-refractivity contribution in [1.82, 2.24) is 5.43 Å². The number of carbonyl (C=O) groups is 2. The van der Waals surface area contributed by atoms with E-state index in [1.807, 2.05) is 41.8 Å². The first-order chi connectivity index (χ1) is 14.5. The number of nitrogens with one attached hydrogen (secondary N) is 2. The molecule has 2 heterocycles. The van der Waals surface area contributed by atoms with Crippen molar-refractivity contribution in [1.29, 1.82) is 0 Å². The lowest BCUT2D eigenvalue weighted by atomic mass is 10.1. The normalized spacial score (nSPS) is 11.5. The van der Waals surface area contributed by atoms with Gasteiger partial charge in [0.1, 0.15) is 5.76 Å². The van der Waals surface area contributed by atoms with Crippen LogP contribution in [0.4, 0.5) is 5.69 Å². The van der Waals surface area contributed by atoms with E-state index in [1.165, 1.54) is 11.3 Å². The summed E-state index contributed by atoms with van der Waals surface area (Å²) in [5, 5.41) is 9.77. The quantitative estimate of drug-likeness (QED) is 0.345. The van der Waals surface area contributed by atoms with Crippen molar-refractivity contribution in [3.05, 3.63) is 88.7 Å². The summed E-state index contributed by atoms with van der Waals surface area (Å²) in [5.41, 5.74) is 5.22. The van der Waals surface area contributed by atoms with Crippen molar-refractivity contribution in [2.75, 3.05) is 5.32 Å². The number of rotatable bonds is 5. The van der Waals surface area contributed by atoms with Gasteiger partial charge in [-0.1, -0.05) is 30.3 Å². The number of thiophene rings is 1. The van der Waals surface area contributed by atoms with Gasteiger partial charge in [0.15, 0.2) is 5.76 Å². The van der Waals surface area contributed by atoms with E-state index in [4.69, 9.17) is 4.42 Å². The number of nitrogens with zero attached hydrogens (tertiary/aromatic N) is 1. The smallest absolute Gasteiger partial charge is 0.291 e. The maximum Gasteiger partial charge on any atom is 0.291 e. The molecule has 30 heavy (non-hydrogen) atoms. The molecule has 4 rings (SSSR count). The van der Waals surface area contributed by atoms with E-state index < -0.39 is 0 Å². The standard InChI is InChI=1S/C23H19N3O3S/c1-14-10-11-20(29-14)23(28)24-17-7-5-6-16(12-17)15(2)25-26-22(27)19-13-30-21-9-4-3-8-18(19)21/h3-13H,1-2H3,(H,24,28)(H,26,27)/b25-15-. The zero-order valence-corrected chi connectivity index (χ0v) is 17.2. The summed E-state index contributed by atoms with van der Waals surface area (Å²) in [7, 11) is 0. The third-order valence-electron chi connectivity index (χ3n) is 4.55. The molecule has 6 nitrogen and oxygen atoms in total. The molecule has 0 saturated heterocycles. The Kier molecular flexibility index (Phi) is 5.45. The fourth-order valence-electron chi connectivity index (χ4n) is 2.98. The van der Waals surface area contributed by atoms with E-state index >= 15 is 0 Å². The minimum Gasteiger partial charge on any atom is -0.456 e. The van der Waals surface area contributed by atoms with E-state index in [0.717, 1.165) is 15.6 Å². The van der Waals surface area contributed by atoms with Crippen LogP contribution in [0.5, 0.6) is 0 Å². The van der Waals surface area contributed by atoms with E-state index in [1.54, 1.807) is 38.1 Å². The molecule has 0 aliphatic heterocycles. The molecular weight excluding hydrogens is 398 g/mol. The molecule has 0 saturated carbocycles. The van der Waals surface area contributed by atoms with Crippen LogP contribution in [0.3, 0.4) is 0 Å². The van der Waals surface area contributed by atoms with Crippen molar-refractivity contribution in [2.45, 2.75) is 13.8 Å². The Morgan fingerprint density at radius 2 is 1.83 bits per heavy atom. The highest BCUT2D eigenvalue weighted by atomic mass is 32.1. The van der Waals surface area contributed by atoms with Crippen LogP contribution in [-0.4, -0.2) is 17.5 Å². The third-order valence-corrected chi connectivity index (χ3v) is 5.52. The topological polar surface area (TPSA) is 83.7 Å². The first kappa shape index (κ1) is 19.6. The van der Waals surface area contributed by atoms with Gasteiger partial charge in [-0.3, -0.25) is 9.59 Å². The van der Waals surface area contributed by atoms with Gasteiger partial charge in [-0.15, -0.1) is 11.3 Å². The number of furan rings is 1. The van der Waals surface area contributed by atoms with E-state index in [9.17, 15) is 9.59 Å². The van der Waals surface area contributed by atoms with E-state index in [-0.39, 0.29) is 17.6 Å². The van der Waals surface area contributed by atoms with Gasteiger partial charge in [0.05, 0.1) is 11.3 Å². The van der Waals surface area contributed by atoms with Gasteiger partial charge in [-0.25, -0.2) is 5.43 Å². The molecule has 2 aromatic heterocycles. The SMILES string of the molecule is C/C(=N/NC(=O)c1csc2ccccc12)c1cccc(NC(=O)c2ccc(C)o2)c1. The maximum atomic E-state index is 12.5. The summed E-state index contributed by atoms with van der Waals surface area (Å²) in [6, 6.07) is 18.4. The van der Waals surface area contributed by atoms with Gasteiger partial charge in [0, 0.05) is 21.2 Å². The molecule has 2 aromatic carbocycles. The first-order valence-corrected chi connectivity index (χ1v) is 10.2. The minimum absolute atomic E-state index is 0.249. The van der Waals surface area contributed by atoms with Crippen LogP contribution >= 0.6 is 11.3 Å². The number of amides is 2. The van der Waals surface area contributed by atoms with Crippen molar-refractivity contribution in [3.63, 3.8) is 0 Å². The molecule has 0 unspecified atom stereocenters. The molecule has 0 aliphatic rings. The largest absolute Gasteiger partial charge is 0.456 e. The third kappa shape index (κ3) is 4.16. The molecular formula is C23H19N3O3S. The van der Waals surface area contributed by atoms with Gasteiger partial charge in [-0.05, 0) is 49.7 Å². The second-order valence-corrected chi connectivity index (χ2v) is 7.64. The second kappa shape index (κ2) is 8.34. The lowest BCUT2D eigenvalue weighted by Crippen LogP contribution is -2.19. The number of hydrogen-bond donors (Lipinski definition) is 2. The molecule has 0 bridgehead atoms. The van der Waals surface area contributed by atoms with Crippen molar-refractivity contribution >= 4 is 44.6 Å². The monoisotopic (exact) mass is 417 g/mol. The molecule has 150 valence electrons. The van der Waals surface area contributed by atoms with Crippen LogP contribution in [-0.2, 0) is 0 Å². The highest BCUT2D eigenvalue weighted by Gasteiger charge is 2.12. The molecule has 0 aliphatic carbocycles. The summed E-state index contributed by atoms with van der Waals surface area (Å²) in [6.07, 6.45) is 0. The minimum atomic E-state index is -0.326. The Labute approximate surface area is 177 Å².